The average molecular weight is 347 g/mol. The average Bonchev–Trinajstić information content (AvgIpc) is 2.75. The van der Waals surface area contributed by atoms with Crippen LogP contribution in [0.2, 0.25) is 5.02 Å². The van der Waals surface area contributed by atoms with Crippen LogP contribution in [0, 0.1) is 5.92 Å². The number of carboxylic acid groups (broad SMARTS) is 1. The van der Waals surface area contributed by atoms with E-state index in [0.717, 1.165) is 6.42 Å². The van der Waals surface area contributed by atoms with E-state index in [4.69, 9.17) is 16.7 Å². The van der Waals surface area contributed by atoms with Gasteiger partial charge in [0.05, 0.1) is 5.92 Å². The zero-order valence-corrected chi connectivity index (χ0v) is 12.4. The summed E-state index contributed by atoms with van der Waals surface area (Å²) in [4.78, 5) is 23.1. The van der Waals surface area contributed by atoms with Gasteiger partial charge < -0.3 is 10.4 Å². The van der Waals surface area contributed by atoms with Crippen molar-refractivity contribution in [2.75, 3.05) is 0 Å². The van der Waals surface area contributed by atoms with Crippen molar-refractivity contribution in [3.8, 4) is 0 Å². The Kier molecular flexibility index (Phi) is 4.47. The summed E-state index contributed by atoms with van der Waals surface area (Å²) in [6, 6.07) is 4.61. The number of aliphatic carboxylic acids is 1. The normalized spacial score (nSPS) is 22.2. The molecule has 1 aromatic carbocycles. The third-order valence-corrected chi connectivity index (χ3v) is 3.95. The van der Waals surface area contributed by atoms with Crippen LogP contribution in [0.5, 0.6) is 0 Å². The van der Waals surface area contributed by atoms with Crippen molar-refractivity contribution in [2.45, 2.75) is 25.3 Å². The molecule has 2 atom stereocenters. The lowest BCUT2D eigenvalue weighted by molar-refractivity contribution is -0.142. The molecule has 0 heterocycles. The maximum Gasteiger partial charge on any atom is 0.308 e. The number of halogens is 2. The summed E-state index contributed by atoms with van der Waals surface area (Å²) in [5, 5.41) is 12.3. The maximum absolute atomic E-state index is 12.1. The Morgan fingerprint density at radius 2 is 2.05 bits per heavy atom. The molecule has 2 rings (SSSR count). The molecule has 0 aromatic heterocycles. The van der Waals surface area contributed by atoms with Crippen LogP contribution < -0.4 is 5.32 Å². The quantitative estimate of drug-likeness (QED) is 0.884. The molecule has 1 aliphatic rings. The van der Waals surface area contributed by atoms with Crippen molar-refractivity contribution in [1.29, 1.82) is 0 Å². The van der Waals surface area contributed by atoms with E-state index in [1.165, 1.54) is 0 Å². The van der Waals surface area contributed by atoms with Gasteiger partial charge in [-0.2, -0.15) is 0 Å². The van der Waals surface area contributed by atoms with E-state index in [1.807, 2.05) is 0 Å². The van der Waals surface area contributed by atoms with Crippen molar-refractivity contribution in [1.82, 2.24) is 5.32 Å². The molecule has 6 heteroatoms. The molecule has 0 radical (unpaired) electrons. The summed E-state index contributed by atoms with van der Waals surface area (Å²) in [5.41, 5.74) is 0.426. The Labute approximate surface area is 124 Å². The molecular formula is C13H13BrClNO3. The Morgan fingerprint density at radius 3 is 2.68 bits per heavy atom. The van der Waals surface area contributed by atoms with Crippen LogP contribution >= 0.6 is 27.5 Å². The maximum atomic E-state index is 12.1. The standard InChI is InChI=1S/C13H13BrClNO3/c14-8-4-7(5-9(15)6-8)12(17)16-11-3-1-2-10(11)13(18)19/h4-6,10-11H,1-3H2,(H,16,17)(H,18,19). The molecule has 0 saturated heterocycles. The first-order valence-electron chi connectivity index (χ1n) is 5.97. The van der Waals surface area contributed by atoms with E-state index >= 15 is 0 Å². The van der Waals surface area contributed by atoms with Gasteiger partial charge in [-0.15, -0.1) is 0 Å². The molecule has 102 valence electrons. The fourth-order valence-corrected chi connectivity index (χ4v) is 3.23. The van der Waals surface area contributed by atoms with Gasteiger partial charge in [-0.25, -0.2) is 0 Å². The van der Waals surface area contributed by atoms with E-state index in [-0.39, 0.29) is 11.9 Å². The van der Waals surface area contributed by atoms with Crippen LogP contribution in [-0.2, 0) is 4.79 Å². The molecular weight excluding hydrogens is 334 g/mol. The highest BCUT2D eigenvalue weighted by Crippen LogP contribution is 2.26. The lowest BCUT2D eigenvalue weighted by Gasteiger charge is -2.17. The van der Waals surface area contributed by atoms with Crippen LogP contribution in [0.3, 0.4) is 0 Å². The van der Waals surface area contributed by atoms with Gasteiger partial charge in [0.25, 0.3) is 5.91 Å². The summed E-state index contributed by atoms with van der Waals surface area (Å²) in [6.45, 7) is 0. The SMILES string of the molecule is O=C(NC1CCCC1C(=O)O)c1cc(Cl)cc(Br)c1. The first-order valence-corrected chi connectivity index (χ1v) is 7.14. The van der Waals surface area contributed by atoms with Crippen LogP contribution in [0.25, 0.3) is 0 Å². The monoisotopic (exact) mass is 345 g/mol. The number of hydrogen-bond acceptors (Lipinski definition) is 2. The van der Waals surface area contributed by atoms with Crippen LogP contribution in [0.1, 0.15) is 29.6 Å². The number of amides is 1. The molecule has 0 bridgehead atoms. The largest absolute Gasteiger partial charge is 0.481 e. The second-order valence-electron chi connectivity index (χ2n) is 4.61. The first kappa shape index (κ1) is 14.3. The van der Waals surface area contributed by atoms with Gasteiger partial charge in [0.2, 0.25) is 0 Å². The number of carbonyl (C=O) groups excluding carboxylic acids is 1. The number of benzene rings is 1. The van der Waals surface area contributed by atoms with Crippen molar-refractivity contribution in [3.05, 3.63) is 33.3 Å². The Morgan fingerprint density at radius 1 is 1.32 bits per heavy atom. The van der Waals surface area contributed by atoms with E-state index < -0.39 is 11.9 Å². The Bertz CT molecular complexity index is 500. The number of carbonyl (C=O) groups is 2. The van der Waals surface area contributed by atoms with Gasteiger partial charge in [0, 0.05) is 21.1 Å². The summed E-state index contributed by atoms with van der Waals surface area (Å²) in [5.74, 6) is -1.64. The topological polar surface area (TPSA) is 66.4 Å². The fraction of sp³-hybridized carbons (Fsp3) is 0.385. The number of rotatable bonds is 3. The Hall–Kier alpha value is -1.07. The summed E-state index contributed by atoms with van der Waals surface area (Å²) >= 11 is 9.16. The number of hydrogen-bond donors (Lipinski definition) is 2. The van der Waals surface area contributed by atoms with Crippen molar-refractivity contribution < 1.29 is 14.7 Å². The predicted octanol–water partition coefficient (Wildman–Crippen LogP) is 3.09. The summed E-state index contributed by atoms with van der Waals surface area (Å²) in [6.07, 6.45) is 2.13. The smallest absolute Gasteiger partial charge is 0.308 e. The third kappa shape index (κ3) is 3.48. The van der Waals surface area contributed by atoms with Crippen LogP contribution in [-0.4, -0.2) is 23.0 Å². The summed E-state index contributed by atoms with van der Waals surface area (Å²) in [7, 11) is 0. The van der Waals surface area contributed by atoms with E-state index in [1.54, 1.807) is 18.2 Å². The van der Waals surface area contributed by atoms with Gasteiger partial charge in [-0.3, -0.25) is 9.59 Å². The molecule has 1 aromatic rings. The molecule has 1 fully saturated rings. The lowest BCUT2D eigenvalue weighted by atomic mass is 10.0. The molecule has 1 aliphatic carbocycles. The molecule has 2 N–H and O–H groups in total. The first-order chi connectivity index (χ1) is 8.97. The third-order valence-electron chi connectivity index (χ3n) is 3.27. The highest BCUT2D eigenvalue weighted by Gasteiger charge is 2.34. The van der Waals surface area contributed by atoms with E-state index in [0.29, 0.717) is 27.9 Å². The molecule has 1 amide bonds. The fourth-order valence-electron chi connectivity index (χ4n) is 2.37. The number of nitrogens with one attached hydrogen (secondary N) is 1. The molecule has 0 aliphatic heterocycles. The van der Waals surface area contributed by atoms with Gasteiger partial charge in [0.1, 0.15) is 0 Å². The van der Waals surface area contributed by atoms with E-state index in [2.05, 4.69) is 21.2 Å². The van der Waals surface area contributed by atoms with Gasteiger partial charge >= 0.3 is 5.97 Å². The van der Waals surface area contributed by atoms with Gasteiger partial charge in [0.15, 0.2) is 0 Å². The number of carboxylic acids is 1. The molecule has 2 unspecified atom stereocenters. The molecule has 0 spiro atoms. The zero-order valence-electron chi connectivity index (χ0n) is 10.0. The minimum Gasteiger partial charge on any atom is -0.481 e. The lowest BCUT2D eigenvalue weighted by Crippen LogP contribution is -2.40. The van der Waals surface area contributed by atoms with Crippen molar-refractivity contribution in [3.63, 3.8) is 0 Å². The second-order valence-corrected chi connectivity index (χ2v) is 5.97. The van der Waals surface area contributed by atoms with Crippen LogP contribution in [0.15, 0.2) is 22.7 Å². The molecule has 4 nitrogen and oxygen atoms in total. The van der Waals surface area contributed by atoms with Crippen molar-refractivity contribution in [2.24, 2.45) is 5.92 Å². The Balaban J connectivity index is 2.10. The second kappa shape index (κ2) is 5.92. The highest BCUT2D eigenvalue weighted by atomic mass is 79.9. The van der Waals surface area contributed by atoms with Gasteiger partial charge in [-0.1, -0.05) is 34.0 Å². The minimum atomic E-state index is -0.852. The van der Waals surface area contributed by atoms with Gasteiger partial charge in [-0.05, 0) is 31.0 Å². The molecule has 1 saturated carbocycles. The van der Waals surface area contributed by atoms with Crippen LogP contribution in [0.4, 0.5) is 0 Å². The minimum absolute atomic E-state index is 0.290. The predicted molar refractivity (Wildman–Crippen MR) is 75.4 cm³/mol. The molecule has 19 heavy (non-hydrogen) atoms. The van der Waals surface area contributed by atoms with E-state index in [9.17, 15) is 9.59 Å². The zero-order chi connectivity index (χ0) is 14.0. The highest BCUT2D eigenvalue weighted by molar-refractivity contribution is 9.10. The van der Waals surface area contributed by atoms with Crippen molar-refractivity contribution >= 4 is 39.4 Å². The summed E-state index contributed by atoms with van der Waals surface area (Å²) < 4.78 is 0.714.